The van der Waals surface area contributed by atoms with E-state index in [1.165, 1.54) is 0 Å². The molecule has 0 aromatic heterocycles. The lowest BCUT2D eigenvalue weighted by Crippen LogP contribution is -2.38. The zero-order valence-electron chi connectivity index (χ0n) is 10.0. The summed E-state index contributed by atoms with van der Waals surface area (Å²) < 4.78 is 26.9. The van der Waals surface area contributed by atoms with Crippen molar-refractivity contribution in [2.45, 2.75) is 33.5 Å². The molecule has 1 saturated heterocycles. The Balaban J connectivity index is 2.33. The molecule has 3 nitrogen and oxygen atoms in total. The van der Waals surface area contributed by atoms with Crippen molar-refractivity contribution in [2.24, 2.45) is 0 Å². The van der Waals surface area contributed by atoms with E-state index in [9.17, 15) is 8.42 Å². The van der Waals surface area contributed by atoms with Gasteiger partial charge in [0.25, 0.3) is 0 Å². The monoisotopic (exact) mass is 443 g/mol. The molecule has 2 unspecified atom stereocenters. The second-order valence-corrected chi connectivity index (χ2v) is 10.4. The molecule has 0 bridgehead atoms. The molecule has 0 saturated carbocycles. The van der Waals surface area contributed by atoms with Crippen LogP contribution in [-0.4, -0.2) is 28.1 Å². The van der Waals surface area contributed by atoms with Crippen LogP contribution in [0.3, 0.4) is 0 Å². The highest BCUT2D eigenvalue weighted by atomic mass is 127. The lowest BCUT2D eigenvalue weighted by molar-refractivity contribution is 0.410. The fourth-order valence-electron chi connectivity index (χ4n) is 2.16. The summed E-state index contributed by atoms with van der Waals surface area (Å²) in [6.45, 7) is 2.57. The van der Waals surface area contributed by atoms with Crippen molar-refractivity contribution in [3.05, 3.63) is 29.8 Å². The zero-order valence-corrected chi connectivity index (χ0v) is 14.6. The fourth-order valence-corrected chi connectivity index (χ4v) is 5.54. The van der Waals surface area contributed by atoms with Gasteiger partial charge in [-0.3, -0.25) is 0 Å². The third-order valence-corrected chi connectivity index (χ3v) is 6.55. The molecule has 100 valence electrons. The summed E-state index contributed by atoms with van der Waals surface area (Å²) in [6.07, 6.45) is 1.85. The van der Waals surface area contributed by atoms with Crippen molar-refractivity contribution in [2.75, 3.05) is 6.54 Å². The van der Waals surface area contributed by atoms with Gasteiger partial charge < -0.3 is 0 Å². The Morgan fingerprint density at radius 1 is 1.39 bits per heavy atom. The van der Waals surface area contributed by atoms with Crippen molar-refractivity contribution < 1.29 is 8.42 Å². The summed E-state index contributed by atoms with van der Waals surface area (Å²) in [6, 6.07) is 7.12. The first-order valence-electron chi connectivity index (χ1n) is 5.79. The van der Waals surface area contributed by atoms with Gasteiger partial charge in [0.05, 0.1) is 7.73 Å². The Kier molecular flexibility index (Phi) is 4.72. The third-order valence-electron chi connectivity index (χ3n) is 3.17. The predicted molar refractivity (Wildman–Crippen MR) is 84.8 cm³/mol. The summed E-state index contributed by atoms with van der Waals surface area (Å²) in [5, 5.41) is 0. The van der Waals surface area contributed by atoms with Gasteiger partial charge in [-0.05, 0) is 31.9 Å². The molecule has 0 N–H and O–H groups in total. The molecule has 1 fully saturated rings. The van der Waals surface area contributed by atoms with E-state index in [4.69, 9.17) is 0 Å². The number of benzene rings is 1. The SMILES string of the molecule is Cc1ccc(S(=O)(=O)N2CCCC2C(Br)I)cc1. The molecule has 18 heavy (non-hydrogen) atoms. The molecule has 1 aromatic rings. The van der Waals surface area contributed by atoms with Crippen LogP contribution in [-0.2, 0) is 10.0 Å². The molecule has 0 spiro atoms. The van der Waals surface area contributed by atoms with Crippen LogP contribution in [0.15, 0.2) is 29.2 Å². The highest BCUT2D eigenvalue weighted by Gasteiger charge is 2.37. The van der Waals surface area contributed by atoms with Crippen LogP contribution in [0.1, 0.15) is 18.4 Å². The Bertz CT molecular complexity index is 515. The van der Waals surface area contributed by atoms with Gasteiger partial charge >= 0.3 is 0 Å². The maximum absolute atomic E-state index is 12.6. The second kappa shape index (κ2) is 5.76. The molecule has 2 atom stereocenters. The molecular weight excluding hydrogens is 429 g/mol. The van der Waals surface area contributed by atoms with Crippen LogP contribution in [0.5, 0.6) is 0 Å². The minimum atomic E-state index is -3.35. The fraction of sp³-hybridized carbons (Fsp3) is 0.500. The Labute approximate surface area is 130 Å². The van der Waals surface area contributed by atoms with Gasteiger partial charge in [-0.25, -0.2) is 8.42 Å². The molecule has 0 aliphatic carbocycles. The van der Waals surface area contributed by atoms with Crippen LogP contribution >= 0.6 is 38.5 Å². The van der Waals surface area contributed by atoms with Crippen molar-refractivity contribution in [1.29, 1.82) is 0 Å². The van der Waals surface area contributed by atoms with E-state index >= 15 is 0 Å². The molecule has 1 aliphatic rings. The quantitative estimate of drug-likeness (QED) is 0.530. The Morgan fingerprint density at radius 2 is 2.00 bits per heavy atom. The first-order valence-corrected chi connectivity index (χ1v) is 9.40. The van der Waals surface area contributed by atoms with E-state index < -0.39 is 10.0 Å². The number of rotatable bonds is 3. The molecule has 1 heterocycles. The van der Waals surface area contributed by atoms with Gasteiger partial charge in [-0.1, -0.05) is 56.2 Å². The van der Waals surface area contributed by atoms with Crippen LogP contribution in [0.2, 0.25) is 0 Å². The number of aryl methyl sites for hydroxylation is 1. The van der Waals surface area contributed by atoms with Crippen LogP contribution in [0.25, 0.3) is 0 Å². The lowest BCUT2D eigenvalue weighted by Gasteiger charge is -2.25. The molecule has 6 heteroatoms. The number of hydrogen-bond acceptors (Lipinski definition) is 2. The van der Waals surface area contributed by atoms with E-state index in [0.717, 1.165) is 18.4 Å². The number of hydrogen-bond donors (Lipinski definition) is 0. The van der Waals surface area contributed by atoms with Gasteiger partial charge in [0.1, 0.15) is 0 Å². The largest absolute Gasteiger partial charge is 0.243 e. The maximum atomic E-state index is 12.6. The molecular formula is C12H15BrINO2S. The molecule has 1 aliphatic heterocycles. The normalized spacial score (nSPS) is 23.2. The molecule has 0 amide bonds. The minimum absolute atomic E-state index is 0.0527. The van der Waals surface area contributed by atoms with Gasteiger partial charge in [0, 0.05) is 12.6 Å². The smallest absolute Gasteiger partial charge is 0.207 e. The summed E-state index contributed by atoms with van der Waals surface area (Å²) in [5.41, 5.74) is 1.07. The number of halogens is 2. The highest BCUT2D eigenvalue weighted by Crippen LogP contribution is 2.32. The van der Waals surface area contributed by atoms with Gasteiger partial charge in [0.15, 0.2) is 0 Å². The number of alkyl halides is 2. The van der Waals surface area contributed by atoms with Gasteiger partial charge in [0.2, 0.25) is 10.0 Å². The topological polar surface area (TPSA) is 37.4 Å². The third kappa shape index (κ3) is 2.91. The summed E-state index contributed by atoms with van der Waals surface area (Å²) >= 11 is 5.73. The van der Waals surface area contributed by atoms with Crippen LogP contribution in [0, 0.1) is 6.92 Å². The molecule has 0 radical (unpaired) electrons. The summed E-state index contributed by atoms with van der Waals surface area (Å²) in [5.74, 6) is 0. The van der Waals surface area contributed by atoms with E-state index in [-0.39, 0.29) is 8.88 Å². The van der Waals surface area contributed by atoms with Crippen LogP contribution < -0.4 is 0 Å². The van der Waals surface area contributed by atoms with Gasteiger partial charge in [-0.15, -0.1) is 0 Å². The maximum Gasteiger partial charge on any atom is 0.243 e. The average molecular weight is 444 g/mol. The van der Waals surface area contributed by atoms with Crippen molar-refractivity contribution >= 4 is 48.5 Å². The Hall–Kier alpha value is 0.340. The molecule has 1 aromatic carbocycles. The highest BCUT2D eigenvalue weighted by molar-refractivity contribution is 14.1. The molecule has 2 rings (SSSR count). The van der Waals surface area contributed by atoms with Crippen LogP contribution in [0.4, 0.5) is 0 Å². The minimum Gasteiger partial charge on any atom is -0.207 e. The Morgan fingerprint density at radius 3 is 2.56 bits per heavy atom. The lowest BCUT2D eigenvalue weighted by atomic mass is 10.2. The predicted octanol–water partition coefficient (Wildman–Crippen LogP) is 3.30. The van der Waals surface area contributed by atoms with Crippen molar-refractivity contribution in [3.8, 4) is 0 Å². The van der Waals surface area contributed by atoms with E-state index in [2.05, 4.69) is 38.5 Å². The van der Waals surface area contributed by atoms with E-state index in [1.54, 1.807) is 16.4 Å². The average Bonchev–Trinajstić information content (AvgIpc) is 2.79. The first-order chi connectivity index (χ1) is 8.43. The van der Waals surface area contributed by atoms with Gasteiger partial charge in [-0.2, -0.15) is 4.31 Å². The van der Waals surface area contributed by atoms with Crippen molar-refractivity contribution in [1.82, 2.24) is 4.31 Å². The number of sulfonamides is 1. The van der Waals surface area contributed by atoms with E-state index in [0.29, 0.717) is 11.4 Å². The summed E-state index contributed by atoms with van der Waals surface area (Å²) in [4.78, 5) is 0.393. The van der Waals surface area contributed by atoms with E-state index in [1.807, 2.05) is 19.1 Å². The van der Waals surface area contributed by atoms with Crippen molar-refractivity contribution in [3.63, 3.8) is 0 Å². The standard InChI is InChI=1S/C12H15BrINO2S/c1-9-4-6-10(7-5-9)18(16,17)15-8-2-3-11(15)12(13)14/h4-7,11-12H,2-3,8H2,1H3. The number of nitrogens with zero attached hydrogens (tertiary/aromatic N) is 1. The first kappa shape index (κ1) is 14.7. The zero-order chi connectivity index (χ0) is 13.3. The summed E-state index contributed by atoms with van der Waals surface area (Å²) in [7, 11) is -3.35. The second-order valence-electron chi connectivity index (χ2n) is 4.47.